The monoisotopic (exact) mass is 437 g/mol. The number of benzene rings is 2. The van der Waals surface area contributed by atoms with Crippen molar-refractivity contribution in [3.8, 4) is 5.75 Å². The fourth-order valence-corrected chi connectivity index (χ4v) is 3.95. The Kier molecular flexibility index (Phi) is 6.99. The second-order valence-corrected chi connectivity index (χ2v) is 7.78. The summed E-state index contributed by atoms with van der Waals surface area (Å²) in [7, 11) is 0. The third kappa shape index (κ3) is 5.07. The molecule has 0 amide bonds. The van der Waals surface area contributed by atoms with E-state index in [1.165, 1.54) is 23.9 Å². The number of aromatic nitrogens is 3. The number of thioether (sulfide) groups is 1. The smallest absolute Gasteiger partial charge is 0.191 e. The molecule has 8 heteroatoms. The van der Waals surface area contributed by atoms with Crippen LogP contribution < -0.4 is 4.74 Å². The van der Waals surface area contributed by atoms with Gasteiger partial charge in [-0.15, -0.1) is 16.8 Å². The van der Waals surface area contributed by atoms with Crippen LogP contribution >= 0.6 is 35.0 Å². The van der Waals surface area contributed by atoms with E-state index in [9.17, 15) is 4.39 Å². The van der Waals surface area contributed by atoms with Gasteiger partial charge in [-0.1, -0.05) is 53.2 Å². The lowest BCUT2D eigenvalue weighted by Crippen LogP contribution is -2.12. The topological polar surface area (TPSA) is 39.9 Å². The zero-order chi connectivity index (χ0) is 20.1. The first kappa shape index (κ1) is 20.7. The molecule has 0 fully saturated rings. The Labute approximate surface area is 177 Å². The summed E-state index contributed by atoms with van der Waals surface area (Å²) >= 11 is 13.6. The Morgan fingerprint density at radius 3 is 2.79 bits per heavy atom. The highest BCUT2D eigenvalue weighted by Gasteiger charge is 2.20. The molecule has 146 valence electrons. The molecule has 0 saturated carbocycles. The van der Waals surface area contributed by atoms with E-state index in [0.717, 1.165) is 5.56 Å². The van der Waals surface area contributed by atoms with E-state index in [1.807, 2.05) is 17.6 Å². The molecule has 1 aromatic heterocycles. The minimum Gasteiger partial charge on any atom is -0.481 e. The first-order chi connectivity index (χ1) is 13.5. The van der Waals surface area contributed by atoms with Gasteiger partial charge in [0.25, 0.3) is 0 Å². The van der Waals surface area contributed by atoms with Crippen molar-refractivity contribution in [2.24, 2.45) is 0 Å². The molecule has 0 radical (unpaired) electrons. The van der Waals surface area contributed by atoms with E-state index >= 15 is 0 Å². The second-order valence-electron chi connectivity index (χ2n) is 5.99. The van der Waals surface area contributed by atoms with E-state index in [-0.39, 0.29) is 5.82 Å². The number of ether oxygens (including phenoxy) is 1. The first-order valence-corrected chi connectivity index (χ1v) is 10.2. The van der Waals surface area contributed by atoms with Crippen molar-refractivity contribution in [1.82, 2.24) is 14.8 Å². The van der Waals surface area contributed by atoms with Gasteiger partial charge < -0.3 is 4.74 Å². The zero-order valence-corrected chi connectivity index (χ0v) is 17.4. The van der Waals surface area contributed by atoms with Gasteiger partial charge in [-0.2, -0.15) is 0 Å². The van der Waals surface area contributed by atoms with Crippen LogP contribution in [0.5, 0.6) is 5.75 Å². The van der Waals surface area contributed by atoms with Crippen molar-refractivity contribution in [2.75, 3.05) is 0 Å². The van der Waals surface area contributed by atoms with Crippen molar-refractivity contribution in [3.63, 3.8) is 0 Å². The normalized spacial score (nSPS) is 12.0. The van der Waals surface area contributed by atoms with E-state index in [2.05, 4.69) is 16.8 Å². The van der Waals surface area contributed by atoms with Gasteiger partial charge in [0.1, 0.15) is 11.6 Å². The quantitative estimate of drug-likeness (QED) is 0.304. The molecule has 0 aliphatic carbocycles. The number of hydrogen-bond donors (Lipinski definition) is 0. The molecule has 3 rings (SSSR count). The molecule has 28 heavy (non-hydrogen) atoms. The van der Waals surface area contributed by atoms with E-state index in [4.69, 9.17) is 27.9 Å². The number of hydrogen-bond acceptors (Lipinski definition) is 4. The summed E-state index contributed by atoms with van der Waals surface area (Å²) in [6.07, 6.45) is 1.37. The van der Waals surface area contributed by atoms with Crippen molar-refractivity contribution in [2.45, 2.75) is 30.5 Å². The highest BCUT2D eigenvalue weighted by Crippen LogP contribution is 2.32. The molecule has 4 nitrogen and oxygen atoms in total. The van der Waals surface area contributed by atoms with Crippen LogP contribution in [0.15, 0.2) is 60.3 Å². The van der Waals surface area contributed by atoms with Crippen LogP contribution in [0.2, 0.25) is 10.0 Å². The lowest BCUT2D eigenvalue weighted by Gasteiger charge is -2.16. The Hall–Kier alpha value is -2.02. The van der Waals surface area contributed by atoms with Gasteiger partial charge in [0, 0.05) is 17.3 Å². The van der Waals surface area contributed by atoms with Gasteiger partial charge in [-0.25, -0.2) is 4.39 Å². The molecule has 0 saturated heterocycles. The molecule has 3 aromatic rings. The summed E-state index contributed by atoms with van der Waals surface area (Å²) in [4.78, 5) is 0. The maximum absolute atomic E-state index is 13.4. The summed E-state index contributed by atoms with van der Waals surface area (Å²) in [6, 6.07) is 11.6. The van der Waals surface area contributed by atoms with Gasteiger partial charge >= 0.3 is 0 Å². The molecule has 1 atom stereocenters. The summed E-state index contributed by atoms with van der Waals surface area (Å²) < 4.78 is 21.3. The fraction of sp³-hybridized carbons (Fsp3) is 0.200. The summed E-state index contributed by atoms with van der Waals surface area (Å²) in [6.45, 7) is 6.20. The average Bonchev–Trinajstić information content (AvgIpc) is 3.05. The fourth-order valence-electron chi connectivity index (χ4n) is 2.60. The largest absolute Gasteiger partial charge is 0.481 e. The molecule has 0 spiro atoms. The molecule has 0 aliphatic heterocycles. The third-order valence-corrected chi connectivity index (χ3v) is 5.44. The zero-order valence-electron chi connectivity index (χ0n) is 15.1. The molecular weight excluding hydrogens is 420 g/mol. The minimum atomic E-state index is -0.394. The molecule has 0 bridgehead atoms. The summed E-state index contributed by atoms with van der Waals surface area (Å²) in [5, 5.41) is 10.2. The highest BCUT2D eigenvalue weighted by molar-refractivity contribution is 7.98. The Morgan fingerprint density at radius 1 is 1.25 bits per heavy atom. The molecular formula is C20H18Cl2FN3OS. The summed E-state index contributed by atoms with van der Waals surface area (Å²) in [5.74, 6) is 1.48. The number of allylic oxidation sites excluding steroid dienone is 1. The summed E-state index contributed by atoms with van der Waals surface area (Å²) in [5.41, 5.74) is 0.872. The van der Waals surface area contributed by atoms with Crippen LogP contribution in [0.25, 0.3) is 0 Å². The molecule has 1 unspecified atom stereocenters. The van der Waals surface area contributed by atoms with Crippen LogP contribution in [-0.2, 0) is 12.3 Å². The number of nitrogens with zero attached hydrogens (tertiary/aromatic N) is 3. The Bertz CT molecular complexity index is 980. The second kappa shape index (κ2) is 9.45. The average molecular weight is 438 g/mol. The van der Waals surface area contributed by atoms with Crippen molar-refractivity contribution in [3.05, 3.63) is 82.4 Å². The first-order valence-electron chi connectivity index (χ1n) is 8.51. The van der Waals surface area contributed by atoms with Crippen LogP contribution in [0.1, 0.15) is 24.4 Å². The maximum Gasteiger partial charge on any atom is 0.191 e. The van der Waals surface area contributed by atoms with Crippen LogP contribution in [-0.4, -0.2) is 14.8 Å². The third-order valence-electron chi connectivity index (χ3n) is 3.88. The van der Waals surface area contributed by atoms with Gasteiger partial charge in [0.05, 0.1) is 5.02 Å². The van der Waals surface area contributed by atoms with Crippen molar-refractivity contribution < 1.29 is 9.13 Å². The van der Waals surface area contributed by atoms with E-state index in [1.54, 1.807) is 30.3 Å². The molecule has 0 N–H and O–H groups in total. The van der Waals surface area contributed by atoms with Gasteiger partial charge in [0.15, 0.2) is 17.1 Å². The number of rotatable bonds is 8. The van der Waals surface area contributed by atoms with E-state index in [0.29, 0.717) is 39.1 Å². The molecule has 1 heterocycles. The minimum absolute atomic E-state index is 0.256. The van der Waals surface area contributed by atoms with Crippen LogP contribution in [0.3, 0.4) is 0 Å². The van der Waals surface area contributed by atoms with Crippen molar-refractivity contribution >= 4 is 35.0 Å². The Morgan fingerprint density at radius 2 is 2.07 bits per heavy atom. The van der Waals surface area contributed by atoms with Crippen LogP contribution in [0, 0.1) is 5.82 Å². The Balaban J connectivity index is 1.78. The lowest BCUT2D eigenvalue weighted by atomic mass is 10.2. The molecule has 0 aliphatic rings. The van der Waals surface area contributed by atoms with Crippen LogP contribution in [0.4, 0.5) is 4.39 Å². The van der Waals surface area contributed by atoms with E-state index < -0.39 is 6.10 Å². The lowest BCUT2D eigenvalue weighted by molar-refractivity contribution is 0.210. The predicted octanol–water partition coefficient (Wildman–Crippen LogP) is 6.34. The van der Waals surface area contributed by atoms with Gasteiger partial charge in [0.2, 0.25) is 0 Å². The van der Waals surface area contributed by atoms with Crippen molar-refractivity contribution in [1.29, 1.82) is 0 Å². The SMILES string of the molecule is C=CCn1c(SCc2cccc(F)c2)nnc1C(C)Oc1ccc(Cl)cc1Cl. The molecule has 2 aromatic carbocycles. The highest BCUT2D eigenvalue weighted by atomic mass is 35.5. The maximum atomic E-state index is 13.4. The van der Waals surface area contributed by atoms with Gasteiger partial charge in [-0.3, -0.25) is 4.57 Å². The number of halogens is 3. The predicted molar refractivity (Wildman–Crippen MR) is 112 cm³/mol. The van der Waals surface area contributed by atoms with Gasteiger partial charge in [-0.05, 0) is 42.8 Å². The standard InChI is InChI=1S/C20H18Cl2FN3OS/c1-3-9-26-19(13(2)27-18-8-7-15(21)11-17(18)22)24-25-20(26)28-12-14-5-4-6-16(23)10-14/h3-8,10-11,13H,1,9,12H2,2H3.